The molecule has 0 saturated carbocycles. The third-order valence-corrected chi connectivity index (χ3v) is 4.26. The maximum Gasteiger partial charge on any atom is 0.165 e. The molecule has 1 N–H and O–H groups in total. The van der Waals surface area contributed by atoms with Gasteiger partial charge in [0.25, 0.3) is 0 Å². The van der Waals surface area contributed by atoms with E-state index in [-0.39, 0.29) is 10.8 Å². The zero-order chi connectivity index (χ0) is 14.0. The van der Waals surface area contributed by atoms with E-state index in [0.717, 1.165) is 19.5 Å². The van der Waals surface area contributed by atoms with Crippen LogP contribution in [0.15, 0.2) is 18.2 Å². The van der Waals surface area contributed by atoms with E-state index >= 15 is 0 Å². The summed E-state index contributed by atoms with van der Waals surface area (Å²) in [6, 6.07) is 5.96. The molecule has 1 aliphatic heterocycles. The van der Waals surface area contributed by atoms with E-state index in [1.54, 1.807) is 6.07 Å². The molecule has 2 unspecified atom stereocenters. The molecule has 19 heavy (non-hydrogen) atoms. The van der Waals surface area contributed by atoms with Crippen LogP contribution in [0.5, 0.6) is 0 Å². The monoisotopic (exact) mass is 284 g/mol. The molecule has 0 amide bonds. The fourth-order valence-electron chi connectivity index (χ4n) is 2.64. The van der Waals surface area contributed by atoms with Crippen LogP contribution in [-0.2, 0) is 0 Å². The Labute approximate surface area is 119 Å². The molecule has 1 aliphatic rings. The number of benzene rings is 1. The van der Waals surface area contributed by atoms with Crippen LogP contribution in [0.4, 0.5) is 10.1 Å². The topological polar surface area (TPSA) is 15.3 Å². The Hall–Kier alpha value is -0.800. The highest BCUT2D eigenvalue weighted by molar-refractivity contribution is 6.31. The number of piperazine rings is 1. The van der Waals surface area contributed by atoms with Gasteiger partial charge in [-0.25, -0.2) is 4.39 Å². The lowest BCUT2D eigenvalue weighted by Gasteiger charge is -2.43. The van der Waals surface area contributed by atoms with Gasteiger partial charge in [-0.2, -0.15) is 0 Å². The van der Waals surface area contributed by atoms with Gasteiger partial charge in [-0.3, -0.25) is 0 Å². The number of anilines is 1. The summed E-state index contributed by atoms with van der Waals surface area (Å²) in [4.78, 5) is 2.17. The SMILES string of the molecule is CCC1CNC(C(C)C)CN1c1cccc(Cl)c1F. The lowest BCUT2D eigenvalue weighted by atomic mass is 9.97. The summed E-state index contributed by atoms with van der Waals surface area (Å²) in [6.07, 6.45) is 0.990. The number of halogens is 2. The second-order valence-electron chi connectivity index (χ2n) is 5.55. The summed E-state index contributed by atoms with van der Waals surface area (Å²) >= 11 is 5.91. The van der Waals surface area contributed by atoms with Crippen molar-refractivity contribution >= 4 is 17.3 Å². The molecule has 106 valence electrons. The Balaban J connectivity index is 2.30. The minimum atomic E-state index is -0.299. The lowest BCUT2D eigenvalue weighted by Crippen LogP contribution is -2.58. The third-order valence-electron chi connectivity index (χ3n) is 3.97. The number of nitrogens with zero attached hydrogens (tertiary/aromatic N) is 1. The van der Waals surface area contributed by atoms with Gasteiger partial charge >= 0.3 is 0 Å². The average Bonchev–Trinajstić information content (AvgIpc) is 2.41. The Kier molecular flexibility index (Phi) is 4.69. The third kappa shape index (κ3) is 3.03. The molecular formula is C15H22ClFN2. The zero-order valence-corrected chi connectivity index (χ0v) is 12.5. The van der Waals surface area contributed by atoms with Crippen LogP contribution >= 0.6 is 11.6 Å². The van der Waals surface area contributed by atoms with Crippen molar-refractivity contribution in [3.05, 3.63) is 29.0 Å². The van der Waals surface area contributed by atoms with Crippen molar-refractivity contribution in [2.75, 3.05) is 18.0 Å². The molecule has 0 aromatic heterocycles. The fourth-order valence-corrected chi connectivity index (χ4v) is 2.81. The molecule has 2 atom stereocenters. The summed E-state index contributed by atoms with van der Waals surface area (Å²) in [5, 5.41) is 3.76. The number of rotatable bonds is 3. The largest absolute Gasteiger partial charge is 0.363 e. The molecule has 1 aromatic carbocycles. The Bertz CT molecular complexity index is 436. The predicted molar refractivity (Wildman–Crippen MR) is 79.5 cm³/mol. The summed E-state index contributed by atoms with van der Waals surface area (Å²) in [5.41, 5.74) is 0.631. The highest BCUT2D eigenvalue weighted by atomic mass is 35.5. The smallest absolute Gasteiger partial charge is 0.165 e. The Morgan fingerprint density at radius 3 is 2.84 bits per heavy atom. The standard InChI is InChI=1S/C15H22ClFN2/c1-4-11-8-18-13(10(2)3)9-19(11)14-7-5-6-12(16)15(14)17/h5-7,10-11,13,18H,4,8-9H2,1-3H3. The summed E-state index contributed by atoms with van der Waals surface area (Å²) < 4.78 is 14.2. The first kappa shape index (κ1) is 14.6. The number of nitrogens with one attached hydrogen (secondary N) is 1. The fraction of sp³-hybridized carbons (Fsp3) is 0.600. The highest BCUT2D eigenvalue weighted by Crippen LogP contribution is 2.29. The van der Waals surface area contributed by atoms with Crippen LogP contribution in [0, 0.1) is 11.7 Å². The van der Waals surface area contributed by atoms with Crippen LogP contribution in [0.1, 0.15) is 27.2 Å². The van der Waals surface area contributed by atoms with Gasteiger partial charge in [0, 0.05) is 25.2 Å². The van der Waals surface area contributed by atoms with E-state index in [1.165, 1.54) is 0 Å². The van der Waals surface area contributed by atoms with Crippen molar-refractivity contribution in [3.63, 3.8) is 0 Å². The van der Waals surface area contributed by atoms with Crippen LogP contribution in [-0.4, -0.2) is 25.2 Å². The summed E-state index contributed by atoms with van der Waals surface area (Å²) in [7, 11) is 0. The normalized spacial score (nSPS) is 24.0. The summed E-state index contributed by atoms with van der Waals surface area (Å²) in [6.45, 7) is 8.24. The molecule has 0 radical (unpaired) electrons. The van der Waals surface area contributed by atoms with Crippen LogP contribution < -0.4 is 10.2 Å². The maximum absolute atomic E-state index is 14.2. The van der Waals surface area contributed by atoms with Crippen LogP contribution in [0.2, 0.25) is 5.02 Å². The van der Waals surface area contributed by atoms with Crippen molar-refractivity contribution in [1.82, 2.24) is 5.32 Å². The molecule has 1 fully saturated rings. The molecule has 0 aliphatic carbocycles. The first-order chi connectivity index (χ1) is 9.04. The molecule has 0 spiro atoms. The van der Waals surface area contributed by atoms with Gasteiger partial charge in [0.15, 0.2) is 5.82 Å². The molecule has 2 nitrogen and oxygen atoms in total. The molecule has 4 heteroatoms. The van der Waals surface area contributed by atoms with Gasteiger partial charge in [0.2, 0.25) is 0 Å². The van der Waals surface area contributed by atoms with Crippen molar-refractivity contribution in [1.29, 1.82) is 0 Å². The highest BCUT2D eigenvalue weighted by Gasteiger charge is 2.30. The van der Waals surface area contributed by atoms with Gasteiger partial charge in [0.05, 0.1) is 10.7 Å². The van der Waals surface area contributed by atoms with Crippen molar-refractivity contribution in [3.8, 4) is 0 Å². The molecule has 1 heterocycles. The lowest BCUT2D eigenvalue weighted by molar-refractivity contribution is 0.323. The van der Waals surface area contributed by atoms with Gasteiger partial charge in [0.1, 0.15) is 0 Å². The van der Waals surface area contributed by atoms with E-state index in [9.17, 15) is 4.39 Å². The van der Waals surface area contributed by atoms with E-state index in [4.69, 9.17) is 11.6 Å². The molecular weight excluding hydrogens is 263 g/mol. The van der Waals surface area contributed by atoms with E-state index in [1.807, 2.05) is 12.1 Å². The number of hydrogen-bond acceptors (Lipinski definition) is 2. The summed E-state index contributed by atoms with van der Waals surface area (Å²) in [5.74, 6) is 0.231. The van der Waals surface area contributed by atoms with E-state index in [2.05, 4.69) is 31.0 Å². The average molecular weight is 285 g/mol. The van der Waals surface area contributed by atoms with E-state index in [0.29, 0.717) is 23.7 Å². The van der Waals surface area contributed by atoms with Gasteiger partial charge in [-0.05, 0) is 24.5 Å². The molecule has 1 aromatic rings. The van der Waals surface area contributed by atoms with Crippen molar-refractivity contribution in [2.24, 2.45) is 5.92 Å². The van der Waals surface area contributed by atoms with Crippen molar-refractivity contribution < 1.29 is 4.39 Å². The second kappa shape index (κ2) is 6.10. The molecule has 2 rings (SSSR count). The quantitative estimate of drug-likeness (QED) is 0.911. The minimum Gasteiger partial charge on any atom is -0.363 e. The van der Waals surface area contributed by atoms with Crippen molar-refractivity contribution in [2.45, 2.75) is 39.3 Å². The van der Waals surface area contributed by atoms with Gasteiger partial charge in [-0.1, -0.05) is 38.4 Å². The molecule has 1 saturated heterocycles. The maximum atomic E-state index is 14.2. The van der Waals surface area contributed by atoms with Gasteiger partial charge < -0.3 is 10.2 Å². The minimum absolute atomic E-state index is 0.201. The number of hydrogen-bond donors (Lipinski definition) is 1. The predicted octanol–water partition coefficient (Wildman–Crippen LogP) is 3.69. The Morgan fingerprint density at radius 1 is 1.47 bits per heavy atom. The Morgan fingerprint density at radius 2 is 2.21 bits per heavy atom. The zero-order valence-electron chi connectivity index (χ0n) is 11.8. The van der Waals surface area contributed by atoms with E-state index < -0.39 is 0 Å². The first-order valence-corrected chi connectivity index (χ1v) is 7.36. The van der Waals surface area contributed by atoms with Crippen LogP contribution in [0.3, 0.4) is 0 Å². The molecule has 0 bridgehead atoms. The van der Waals surface area contributed by atoms with Crippen LogP contribution in [0.25, 0.3) is 0 Å². The van der Waals surface area contributed by atoms with Gasteiger partial charge in [-0.15, -0.1) is 0 Å². The first-order valence-electron chi connectivity index (χ1n) is 6.98. The second-order valence-corrected chi connectivity index (χ2v) is 5.95.